The molecule has 1 heterocycles. The first kappa shape index (κ1) is 11.7. The van der Waals surface area contributed by atoms with Crippen molar-refractivity contribution in [2.24, 2.45) is 0 Å². The minimum Gasteiger partial charge on any atom is -0.389 e. The summed E-state index contributed by atoms with van der Waals surface area (Å²) in [4.78, 5) is 5.99. The number of aromatic nitrogens is 2. The van der Waals surface area contributed by atoms with Gasteiger partial charge in [-0.2, -0.15) is 0 Å². The van der Waals surface area contributed by atoms with Crippen molar-refractivity contribution in [3.05, 3.63) is 49.1 Å². The molecule has 0 aliphatic carbocycles. The quantitative estimate of drug-likeness (QED) is 0.845. The van der Waals surface area contributed by atoms with Gasteiger partial charge in [-0.1, -0.05) is 18.2 Å². The monoisotopic (exact) mass is 231 g/mol. The third-order valence-electron chi connectivity index (χ3n) is 2.66. The Kier molecular flexibility index (Phi) is 3.77. The number of nitrogens with zero attached hydrogens (tertiary/aromatic N) is 3. The molecule has 0 amide bonds. The molecule has 0 spiro atoms. The van der Waals surface area contributed by atoms with Crippen LogP contribution in [0.3, 0.4) is 0 Å². The topological polar surface area (TPSA) is 41.3 Å². The summed E-state index contributed by atoms with van der Waals surface area (Å²) < 4.78 is 1.88. The molecule has 4 nitrogen and oxygen atoms in total. The van der Waals surface area contributed by atoms with Crippen LogP contribution in [-0.2, 0) is 6.54 Å². The molecule has 0 radical (unpaired) electrons. The van der Waals surface area contributed by atoms with Crippen LogP contribution in [-0.4, -0.2) is 34.4 Å². The third kappa shape index (κ3) is 3.32. The molecule has 2 aromatic rings. The minimum absolute atomic E-state index is 0.408. The molecule has 1 N–H and O–H groups in total. The molecule has 1 unspecified atom stereocenters. The Morgan fingerprint density at radius 2 is 2.12 bits per heavy atom. The second-order valence-corrected chi connectivity index (χ2v) is 4.13. The highest BCUT2D eigenvalue weighted by Gasteiger charge is 2.09. The van der Waals surface area contributed by atoms with Crippen LogP contribution in [0.4, 0.5) is 5.69 Å². The Balaban J connectivity index is 1.88. The SMILES string of the molecule is CN(CC(O)Cn1ccnc1)c1ccccc1. The number of anilines is 1. The van der Waals surface area contributed by atoms with Gasteiger partial charge in [0.15, 0.2) is 0 Å². The van der Waals surface area contributed by atoms with Gasteiger partial charge in [0, 0.05) is 31.7 Å². The van der Waals surface area contributed by atoms with Crippen LogP contribution in [0.2, 0.25) is 0 Å². The summed E-state index contributed by atoms with van der Waals surface area (Å²) in [5.41, 5.74) is 1.11. The average Bonchev–Trinajstić information content (AvgIpc) is 2.82. The Hall–Kier alpha value is -1.81. The fraction of sp³-hybridized carbons (Fsp3) is 0.308. The van der Waals surface area contributed by atoms with E-state index in [-0.39, 0.29) is 0 Å². The lowest BCUT2D eigenvalue weighted by Gasteiger charge is -2.22. The second-order valence-electron chi connectivity index (χ2n) is 4.13. The first-order valence-corrected chi connectivity index (χ1v) is 5.65. The van der Waals surface area contributed by atoms with Crippen LogP contribution in [0.1, 0.15) is 0 Å². The zero-order chi connectivity index (χ0) is 12.1. The number of likely N-dealkylation sites (N-methyl/N-ethyl adjacent to an activating group) is 1. The molecule has 17 heavy (non-hydrogen) atoms. The van der Waals surface area contributed by atoms with Crippen LogP contribution in [0.5, 0.6) is 0 Å². The maximum Gasteiger partial charge on any atom is 0.0946 e. The molecular weight excluding hydrogens is 214 g/mol. The van der Waals surface area contributed by atoms with E-state index in [0.717, 1.165) is 5.69 Å². The highest BCUT2D eigenvalue weighted by molar-refractivity contribution is 5.45. The van der Waals surface area contributed by atoms with E-state index < -0.39 is 6.10 Å². The van der Waals surface area contributed by atoms with Gasteiger partial charge in [-0.3, -0.25) is 0 Å². The van der Waals surface area contributed by atoms with E-state index >= 15 is 0 Å². The lowest BCUT2D eigenvalue weighted by molar-refractivity contribution is 0.160. The summed E-state index contributed by atoms with van der Waals surface area (Å²) in [7, 11) is 1.98. The fourth-order valence-electron chi connectivity index (χ4n) is 1.80. The molecule has 1 atom stereocenters. The van der Waals surface area contributed by atoms with E-state index in [9.17, 15) is 5.11 Å². The van der Waals surface area contributed by atoms with Crippen LogP contribution in [0.15, 0.2) is 49.1 Å². The molecule has 0 aliphatic heterocycles. The van der Waals surface area contributed by atoms with Crippen LogP contribution < -0.4 is 4.90 Å². The van der Waals surface area contributed by atoms with Gasteiger partial charge < -0.3 is 14.6 Å². The number of aliphatic hydroxyl groups is 1. The number of benzene rings is 1. The Bertz CT molecular complexity index is 427. The summed E-state index contributed by atoms with van der Waals surface area (Å²) in [5, 5.41) is 9.96. The molecule has 1 aromatic heterocycles. The number of hydrogen-bond donors (Lipinski definition) is 1. The second kappa shape index (κ2) is 5.50. The Labute approximate surface area is 101 Å². The number of rotatable bonds is 5. The lowest BCUT2D eigenvalue weighted by Crippen LogP contribution is -2.31. The number of para-hydroxylation sites is 1. The van der Waals surface area contributed by atoms with Crippen molar-refractivity contribution < 1.29 is 5.11 Å². The molecule has 1 aromatic carbocycles. The van der Waals surface area contributed by atoms with Crippen LogP contribution in [0, 0.1) is 0 Å². The fourth-order valence-corrected chi connectivity index (χ4v) is 1.80. The van der Waals surface area contributed by atoms with Gasteiger partial charge in [-0.05, 0) is 12.1 Å². The minimum atomic E-state index is -0.408. The van der Waals surface area contributed by atoms with E-state index in [0.29, 0.717) is 13.1 Å². The van der Waals surface area contributed by atoms with Gasteiger partial charge in [0.05, 0.1) is 19.0 Å². The zero-order valence-corrected chi connectivity index (χ0v) is 9.90. The van der Waals surface area contributed by atoms with Crippen molar-refractivity contribution in [1.29, 1.82) is 0 Å². The van der Waals surface area contributed by atoms with Crippen molar-refractivity contribution in [1.82, 2.24) is 9.55 Å². The maximum atomic E-state index is 9.96. The average molecular weight is 231 g/mol. The normalized spacial score (nSPS) is 12.4. The van der Waals surface area contributed by atoms with Gasteiger partial charge in [0.2, 0.25) is 0 Å². The highest BCUT2D eigenvalue weighted by atomic mass is 16.3. The molecule has 90 valence electrons. The summed E-state index contributed by atoms with van der Waals surface area (Å²) >= 11 is 0. The molecule has 0 aliphatic rings. The first-order valence-electron chi connectivity index (χ1n) is 5.65. The van der Waals surface area contributed by atoms with Gasteiger partial charge in [-0.25, -0.2) is 4.98 Å². The third-order valence-corrected chi connectivity index (χ3v) is 2.66. The molecule has 0 saturated heterocycles. The summed E-state index contributed by atoms with van der Waals surface area (Å²) in [6.45, 7) is 1.17. The van der Waals surface area contributed by atoms with Crippen molar-refractivity contribution in [3.63, 3.8) is 0 Å². The summed E-state index contributed by atoms with van der Waals surface area (Å²) in [6.07, 6.45) is 4.87. The predicted molar refractivity (Wildman–Crippen MR) is 67.9 cm³/mol. The van der Waals surface area contributed by atoms with Crippen molar-refractivity contribution in [2.45, 2.75) is 12.6 Å². The van der Waals surface area contributed by atoms with Gasteiger partial charge in [0.1, 0.15) is 0 Å². The smallest absolute Gasteiger partial charge is 0.0946 e. The van der Waals surface area contributed by atoms with Gasteiger partial charge in [-0.15, -0.1) is 0 Å². The molecule has 0 saturated carbocycles. The Morgan fingerprint density at radius 1 is 1.35 bits per heavy atom. The zero-order valence-electron chi connectivity index (χ0n) is 9.90. The van der Waals surface area contributed by atoms with Crippen molar-refractivity contribution >= 4 is 5.69 Å². The number of imidazole rings is 1. The van der Waals surface area contributed by atoms with Crippen molar-refractivity contribution in [2.75, 3.05) is 18.5 Å². The Morgan fingerprint density at radius 3 is 2.76 bits per heavy atom. The van der Waals surface area contributed by atoms with E-state index in [1.807, 2.05) is 53.0 Å². The molecule has 0 fully saturated rings. The van der Waals surface area contributed by atoms with E-state index in [1.54, 1.807) is 12.5 Å². The van der Waals surface area contributed by atoms with Gasteiger partial charge >= 0.3 is 0 Å². The lowest BCUT2D eigenvalue weighted by atomic mass is 10.2. The maximum absolute atomic E-state index is 9.96. The largest absolute Gasteiger partial charge is 0.389 e. The molecular formula is C13H17N3O. The van der Waals surface area contributed by atoms with E-state index in [1.165, 1.54) is 0 Å². The first-order chi connectivity index (χ1) is 8.25. The molecule has 4 heteroatoms. The van der Waals surface area contributed by atoms with Crippen molar-refractivity contribution in [3.8, 4) is 0 Å². The summed E-state index contributed by atoms with van der Waals surface area (Å²) in [5.74, 6) is 0. The standard InChI is InChI=1S/C13H17N3O/c1-15(12-5-3-2-4-6-12)9-13(17)10-16-8-7-14-11-16/h2-8,11,13,17H,9-10H2,1H3. The highest BCUT2D eigenvalue weighted by Crippen LogP contribution is 2.11. The molecule has 2 rings (SSSR count). The van der Waals surface area contributed by atoms with Crippen LogP contribution in [0.25, 0.3) is 0 Å². The molecule has 0 bridgehead atoms. The van der Waals surface area contributed by atoms with E-state index in [4.69, 9.17) is 0 Å². The van der Waals surface area contributed by atoms with E-state index in [2.05, 4.69) is 4.98 Å². The number of hydrogen-bond acceptors (Lipinski definition) is 3. The van der Waals surface area contributed by atoms with Crippen LogP contribution >= 0.6 is 0 Å². The number of aliphatic hydroxyl groups excluding tert-OH is 1. The summed E-state index contributed by atoms with van der Waals surface area (Å²) in [6, 6.07) is 10.0. The predicted octanol–water partition coefficient (Wildman–Crippen LogP) is 1.38. The van der Waals surface area contributed by atoms with Gasteiger partial charge in [0.25, 0.3) is 0 Å².